The Morgan fingerprint density at radius 1 is 1.14 bits per heavy atom. The molecular weight excluding hydrogens is 274 g/mol. The molecule has 0 aliphatic heterocycles. The third kappa shape index (κ3) is 6.14. The van der Waals surface area contributed by atoms with E-state index >= 15 is 0 Å². The Hall–Kier alpha value is -1.59. The number of carbonyl (C=O) groups is 3. The Kier molecular flexibility index (Phi) is 5.02. The van der Waals surface area contributed by atoms with Crippen molar-refractivity contribution in [3.8, 4) is 0 Å². The van der Waals surface area contributed by atoms with Crippen LogP contribution in [-0.4, -0.2) is 34.1 Å². The Bertz CT molecular complexity index is 436. The van der Waals surface area contributed by atoms with E-state index in [1.165, 1.54) is 0 Å². The highest BCUT2D eigenvalue weighted by atomic mass is 16.6. The van der Waals surface area contributed by atoms with Crippen LogP contribution in [0.2, 0.25) is 0 Å². The van der Waals surface area contributed by atoms with Crippen molar-refractivity contribution in [2.75, 3.05) is 0 Å². The molecule has 1 rings (SSSR count). The van der Waals surface area contributed by atoms with Crippen LogP contribution in [0.25, 0.3) is 0 Å². The summed E-state index contributed by atoms with van der Waals surface area (Å²) in [6, 6.07) is 0. The predicted molar refractivity (Wildman–Crippen MR) is 76.5 cm³/mol. The summed E-state index contributed by atoms with van der Waals surface area (Å²) in [5.74, 6) is -2.49. The van der Waals surface area contributed by atoms with E-state index in [1.54, 1.807) is 20.8 Å². The molecule has 0 heterocycles. The lowest BCUT2D eigenvalue weighted by Crippen LogP contribution is -2.45. The highest BCUT2D eigenvalue weighted by molar-refractivity contribution is 5.89. The number of rotatable bonds is 6. The van der Waals surface area contributed by atoms with E-state index in [0.717, 1.165) is 0 Å². The third-order valence-electron chi connectivity index (χ3n) is 3.28. The first-order valence-corrected chi connectivity index (χ1v) is 7.18. The average molecular weight is 299 g/mol. The molecule has 120 valence electrons. The zero-order valence-electron chi connectivity index (χ0n) is 13.4. The van der Waals surface area contributed by atoms with Crippen molar-refractivity contribution in [2.24, 2.45) is 11.8 Å². The summed E-state index contributed by atoms with van der Waals surface area (Å²) in [6.45, 7) is 9.03. The van der Waals surface area contributed by atoms with Crippen molar-refractivity contribution < 1.29 is 24.2 Å². The van der Waals surface area contributed by atoms with Crippen LogP contribution in [0.4, 0.5) is 0 Å². The molecule has 21 heavy (non-hydrogen) atoms. The highest BCUT2D eigenvalue weighted by Crippen LogP contribution is 2.39. The molecule has 1 saturated carbocycles. The summed E-state index contributed by atoms with van der Waals surface area (Å²) in [5, 5.41) is 11.6. The number of hydrogen-bond donors (Lipinski definition) is 2. The number of carboxylic acids is 1. The fourth-order valence-corrected chi connectivity index (χ4v) is 2.05. The van der Waals surface area contributed by atoms with Crippen LogP contribution < -0.4 is 5.32 Å². The summed E-state index contributed by atoms with van der Waals surface area (Å²) in [4.78, 5) is 34.3. The van der Waals surface area contributed by atoms with Crippen molar-refractivity contribution in [3.63, 3.8) is 0 Å². The van der Waals surface area contributed by atoms with Gasteiger partial charge in [0.15, 0.2) is 0 Å². The molecule has 1 aliphatic rings. The molecule has 1 aliphatic carbocycles. The molecule has 1 amide bonds. The molecule has 2 unspecified atom stereocenters. The SMILES string of the molecule is CC(C)(CCC(=O)OC(C)(C)C)NC(=O)C1CC1C(=O)O. The van der Waals surface area contributed by atoms with Gasteiger partial charge in [0.2, 0.25) is 5.91 Å². The maximum atomic E-state index is 11.9. The molecule has 2 atom stereocenters. The molecule has 0 spiro atoms. The fourth-order valence-electron chi connectivity index (χ4n) is 2.05. The molecule has 0 aromatic carbocycles. The molecule has 2 N–H and O–H groups in total. The van der Waals surface area contributed by atoms with Crippen LogP contribution in [0, 0.1) is 11.8 Å². The van der Waals surface area contributed by atoms with Gasteiger partial charge in [0.05, 0.1) is 11.8 Å². The standard InChI is InChI=1S/C15H25NO5/c1-14(2,3)21-11(17)6-7-15(4,5)16-12(18)9-8-10(9)13(19)20/h9-10H,6-8H2,1-5H3,(H,16,18)(H,19,20). The second kappa shape index (κ2) is 6.03. The van der Waals surface area contributed by atoms with Gasteiger partial charge in [-0.3, -0.25) is 14.4 Å². The minimum absolute atomic E-state index is 0.206. The number of hydrogen-bond acceptors (Lipinski definition) is 4. The number of esters is 1. The third-order valence-corrected chi connectivity index (χ3v) is 3.28. The van der Waals surface area contributed by atoms with Gasteiger partial charge in [-0.1, -0.05) is 0 Å². The number of amides is 1. The average Bonchev–Trinajstić information content (AvgIpc) is 3.03. The second-order valence-electron chi connectivity index (χ2n) is 7.25. The molecular formula is C15H25NO5. The van der Waals surface area contributed by atoms with Gasteiger partial charge in [-0.05, 0) is 47.5 Å². The van der Waals surface area contributed by atoms with Gasteiger partial charge in [-0.25, -0.2) is 0 Å². The summed E-state index contributed by atoms with van der Waals surface area (Å²) in [7, 11) is 0. The molecule has 6 heteroatoms. The van der Waals surface area contributed by atoms with Gasteiger partial charge in [-0.15, -0.1) is 0 Å². The topological polar surface area (TPSA) is 92.7 Å². The number of carbonyl (C=O) groups excluding carboxylic acids is 2. The van der Waals surface area contributed by atoms with Gasteiger partial charge in [-0.2, -0.15) is 0 Å². The first-order chi connectivity index (χ1) is 9.41. The van der Waals surface area contributed by atoms with Gasteiger partial charge >= 0.3 is 11.9 Å². The lowest BCUT2D eigenvalue weighted by Gasteiger charge is -2.27. The van der Waals surface area contributed by atoms with Crippen LogP contribution in [0.5, 0.6) is 0 Å². The van der Waals surface area contributed by atoms with Crippen LogP contribution in [-0.2, 0) is 19.1 Å². The second-order valence-corrected chi connectivity index (χ2v) is 7.25. The zero-order chi connectivity index (χ0) is 16.4. The van der Waals surface area contributed by atoms with Crippen LogP contribution >= 0.6 is 0 Å². The molecule has 0 saturated heterocycles. The van der Waals surface area contributed by atoms with Crippen molar-refractivity contribution >= 4 is 17.8 Å². The van der Waals surface area contributed by atoms with Gasteiger partial charge < -0.3 is 15.2 Å². The highest BCUT2D eigenvalue weighted by Gasteiger charge is 2.49. The number of ether oxygens (including phenoxy) is 1. The summed E-state index contributed by atoms with van der Waals surface area (Å²) in [6.07, 6.45) is 1.04. The van der Waals surface area contributed by atoms with E-state index in [0.29, 0.717) is 12.8 Å². The summed E-state index contributed by atoms with van der Waals surface area (Å²) in [5.41, 5.74) is -1.09. The molecule has 0 aromatic heterocycles. The lowest BCUT2D eigenvalue weighted by molar-refractivity contribution is -0.155. The largest absolute Gasteiger partial charge is 0.481 e. The van der Waals surface area contributed by atoms with Crippen molar-refractivity contribution in [1.29, 1.82) is 0 Å². The van der Waals surface area contributed by atoms with Gasteiger partial charge in [0.25, 0.3) is 0 Å². The Morgan fingerprint density at radius 2 is 1.71 bits per heavy atom. The smallest absolute Gasteiger partial charge is 0.307 e. The number of nitrogens with one attached hydrogen (secondary N) is 1. The maximum absolute atomic E-state index is 11.9. The van der Waals surface area contributed by atoms with E-state index < -0.39 is 28.9 Å². The lowest BCUT2D eigenvalue weighted by atomic mass is 9.98. The Balaban J connectivity index is 2.39. The minimum Gasteiger partial charge on any atom is -0.481 e. The molecule has 1 fully saturated rings. The van der Waals surface area contributed by atoms with E-state index in [1.807, 2.05) is 13.8 Å². The fraction of sp³-hybridized carbons (Fsp3) is 0.800. The Labute approximate surface area is 125 Å². The molecule has 0 bridgehead atoms. The first kappa shape index (κ1) is 17.5. The van der Waals surface area contributed by atoms with Crippen LogP contribution in [0.3, 0.4) is 0 Å². The quantitative estimate of drug-likeness (QED) is 0.729. The first-order valence-electron chi connectivity index (χ1n) is 7.18. The van der Waals surface area contributed by atoms with Crippen LogP contribution in [0.1, 0.15) is 53.9 Å². The normalized spacial score (nSPS) is 21.6. The zero-order valence-corrected chi connectivity index (χ0v) is 13.4. The van der Waals surface area contributed by atoms with Gasteiger partial charge in [0.1, 0.15) is 5.60 Å². The Morgan fingerprint density at radius 3 is 2.14 bits per heavy atom. The molecule has 0 radical (unpaired) electrons. The van der Waals surface area contributed by atoms with Crippen molar-refractivity contribution in [2.45, 2.75) is 65.0 Å². The molecule has 0 aromatic rings. The van der Waals surface area contributed by atoms with Crippen molar-refractivity contribution in [1.82, 2.24) is 5.32 Å². The molecule has 6 nitrogen and oxygen atoms in total. The van der Waals surface area contributed by atoms with E-state index in [4.69, 9.17) is 9.84 Å². The monoisotopic (exact) mass is 299 g/mol. The predicted octanol–water partition coefficient (Wildman–Crippen LogP) is 1.72. The van der Waals surface area contributed by atoms with E-state index in [9.17, 15) is 14.4 Å². The van der Waals surface area contributed by atoms with Gasteiger partial charge in [0, 0.05) is 12.0 Å². The van der Waals surface area contributed by atoms with E-state index in [2.05, 4.69) is 5.32 Å². The summed E-state index contributed by atoms with van der Waals surface area (Å²) < 4.78 is 5.22. The minimum atomic E-state index is -0.929. The van der Waals surface area contributed by atoms with Crippen LogP contribution in [0.15, 0.2) is 0 Å². The van der Waals surface area contributed by atoms with Crippen molar-refractivity contribution in [3.05, 3.63) is 0 Å². The summed E-state index contributed by atoms with van der Waals surface area (Å²) >= 11 is 0. The number of carboxylic acid groups (broad SMARTS) is 1. The van der Waals surface area contributed by atoms with E-state index in [-0.39, 0.29) is 18.3 Å². The number of aliphatic carboxylic acids is 1. The maximum Gasteiger partial charge on any atom is 0.307 e.